The second kappa shape index (κ2) is 4.60. The summed E-state index contributed by atoms with van der Waals surface area (Å²) in [5.74, 6) is 0. The molecule has 0 saturated carbocycles. The van der Waals surface area contributed by atoms with E-state index >= 15 is 0 Å². The first-order valence-electron chi connectivity index (χ1n) is 4.47. The first kappa shape index (κ1) is 10.5. The zero-order chi connectivity index (χ0) is 10.6. The van der Waals surface area contributed by atoms with Crippen molar-refractivity contribution in [2.24, 2.45) is 0 Å². The Hall–Kier alpha value is -1.58. The second-order valence-corrected chi connectivity index (χ2v) is 3.37. The van der Waals surface area contributed by atoms with Gasteiger partial charge in [0.1, 0.15) is 0 Å². The van der Waals surface area contributed by atoms with Gasteiger partial charge in [0.2, 0.25) is 6.54 Å². The maximum Gasteiger partial charge on any atom is 0.207 e. The Kier molecular flexibility index (Phi) is 3.45. The quantitative estimate of drug-likeness (QED) is 0.540. The van der Waals surface area contributed by atoms with Crippen LogP contribution in [-0.2, 0) is 6.42 Å². The van der Waals surface area contributed by atoms with Gasteiger partial charge in [-0.25, -0.2) is 0 Å². The van der Waals surface area contributed by atoms with Crippen molar-refractivity contribution in [1.29, 1.82) is 0 Å². The molecule has 14 heavy (non-hydrogen) atoms. The Morgan fingerprint density at radius 3 is 2.29 bits per heavy atom. The number of rotatable bonds is 4. The second-order valence-electron chi connectivity index (χ2n) is 3.37. The molecule has 4 nitrogen and oxygen atoms in total. The van der Waals surface area contributed by atoms with E-state index in [1.54, 1.807) is 0 Å². The van der Waals surface area contributed by atoms with Crippen LogP contribution in [0, 0.1) is 10.1 Å². The monoisotopic (exact) mass is 194 g/mol. The predicted octanol–water partition coefficient (Wildman–Crippen LogP) is 1.57. The van der Waals surface area contributed by atoms with Crippen LogP contribution in [0.15, 0.2) is 24.3 Å². The molecule has 0 unspecified atom stereocenters. The van der Waals surface area contributed by atoms with Crippen LogP contribution in [0.5, 0.6) is 0 Å². The van der Waals surface area contributed by atoms with Crippen molar-refractivity contribution in [1.82, 2.24) is 0 Å². The average molecular weight is 194 g/mol. The van der Waals surface area contributed by atoms with E-state index in [9.17, 15) is 10.1 Å². The lowest BCUT2D eigenvalue weighted by molar-refractivity contribution is -0.479. The van der Waals surface area contributed by atoms with Crippen molar-refractivity contribution in [3.05, 3.63) is 39.9 Å². The zero-order valence-corrected chi connectivity index (χ0v) is 8.43. The molecule has 0 radical (unpaired) electrons. The van der Waals surface area contributed by atoms with Gasteiger partial charge in [0.25, 0.3) is 0 Å². The molecule has 0 aromatic heterocycles. The fraction of sp³-hybridized carbons (Fsp3) is 0.400. The lowest BCUT2D eigenvalue weighted by Crippen LogP contribution is -2.08. The summed E-state index contributed by atoms with van der Waals surface area (Å²) in [6.45, 7) is 0.00130. The van der Waals surface area contributed by atoms with Crippen LogP contribution in [0.3, 0.4) is 0 Å². The highest BCUT2D eigenvalue weighted by Crippen LogP contribution is 2.12. The lowest BCUT2D eigenvalue weighted by atomic mass is 10.1. The van der Waals surface area contributed by atoms with E-state index in [1.165, 1.54) is 0 Å². The summed E-state index contributed by atoms with van der Waals surface area (Å²) in [4.78, 5) is 11.9. The van der Waals surface area contributed by atoms with Crippen molar-refractivity contribution in [3.8, 4) is 0 Å². The van der Waals surface area contributed by atoms with Gasteiger partial charge in [0, 0.05) is 31.1 Å². The van der Waals surface area contributed by atoms with Crippen LogP contribution in [-0.4, -0.2) is 25.6 Å². The highest BCUT2D eigenvalue weighted by molar-refractivity contribution is 5.45. The Balaban J connectivity index is 2.59. The maximum atomic E-state index is 10.1. The van der Waals surface area contributed by atoms with Gasteiger partial charge in [-0.05, 0) is 17.7 Å². The van der Waals surface area contributed by atoms with E-state index in [2.05, 4.69) is 0 Å². The molecular weight excluding hydrogens is 180 g/mol. The molecule has 0 amide bonds. The molecule has 76 valence electrons. The van der Waals surface area contributed by atoms with Crippen LogP contribution < -0.4 is 4.90 Å². The van der Waals surface area contributed by atoms with Gasteiger partial charge in [-0.3, -0.25) is 10.1 Å². The summed E-state index contributed by atoms with van der Waals surface area (Å²) in [5.41, 5.74) is 2.11. The molecule has 0 heterocycles. The van der Waals surface area contributed by atoms with E-state index in [-0.39, 0.29) is 11.5 Å². The summed E-state index contributed by atoms with van der Waals surface area (Å²) in [7, 11) is 3.93. The van der Waals surface area contributed by atoms with Gasteiger partial charge < -0.3 is 4.90 Å². The third kappa shape index (κ3) is 3.05. The first-order valence-corrected chi connectivity index (χ1v) is 4.47. The highest BCUT2D eigenvalue weighted by atomic mass is 16.6. The molecule has 0 fully saturated rings. The molecule has 0 aliphatic heterocycles. The molecule has 1 aromatic rings. The minimum atomic E-state index is -0.292. The maximum absolute atomic E-state index is 10.1. The van der Waals surface area contributed by atoms with Crippen LogP contribution in [0.4, 0.5) is 5.69 Å². The van der Waals surface area contributed by atoms with E-state index < -0.39 is 0 Å². The van der Waals surface area contributed by atoms with E-state index in [0.717, 1.165) is 11.3 Å². The van der Waals surface area contributed by atoms with Gasteiger partial charge in [0.05, 0.1) is 0 Å². The molecule has 4 heteroatoms. The largest absolute Gasteiger partial charge is 0.378 e. The molecule has 0 spiro atoms. The molecule has 0 aliphatic rings. The summed E-state index contributed by atoms with van der Waals surface area (Å²) >= 11 is 0. The highest BCUT2D eigenvalue weighted by Gasteiger charge is 2.00. The van der Waals surface area contributed by atoms with Crippen LogP contribution >= 0.6 is 0 Å². The van der Waals surface area contributed by atoms with Gasteiger partial charge in [-0.2, -0.15) is 0 Å². The molecule has 1 rings (SSSR count). The van der Waals surface area contributed by atoms with Crippen LogP contribution in [0.1, 0.15) is 5.56 Å². The van der Waals surface area contributed by atoms with E-state index in [1.807, 2.05) is 43.3 Å². The summed E-state index contributed by atoms with van der Waals surface area (Å²) in [6, 6.07) is 7.79. The fourth-order valence-electron chi connectivity index (χ4n) is 1.18. The molecule has 0 N–H and O–H groups in total. The third-order valence-electron chi connectivity index (χ3n) is 2.04. The number of nitrogens with zero attached hydrogens (tertiary/aromatic N) is 2. The minimum Gasteiger partial charge on any atom is -0.378 e. The van der Waals surface area contributed by atoms with Crippen molar-refractivity contribution >= 4 is 5.69 Å². The number of benzene rings is 1. The fourth-order valence-corrected chi connectivity index (χ4v) is 1.18. The Morgan fingerprint density at radius 1 is 1.29 bits per heavy atom. The summed E-state index contributed by atoms with van der Waals surface area (Å²) < 4.78 is 0. The molecule has 0 aliphatic carbocycles. The molecule has 1 aromatic carbocycles. The number of hydrogen-bond acceptors (Lipinski definition) is 3. The predicted molar refractivity (Wildman–Crippen MR) is 56.3 cm³/mol. The normalized spacial score (nSPS) is 9.86. The van der Waals surface area contributed by atoms with Crippen molar-refractivity contribution in [2.75, 3.05) is 25.5 Å². The van der Waals surface area contributed by atoms with Crippen molar-refractivity contribution in [3.63, 3.8) is 0 Å². The third-order valence-corrected chi connectivity index (χ3v) is 2.04. The number of nitro groups is 1. The van der Waals surface area contributed by atoms with Gasteiger partial charge >= 0.3 is 0 Å². The van der Waals surface area contributed by atoms with Gasteiger partial charge in [-0.15, -0.1) is 0 Å². The van der Waals surface area contributed by atoms with Crippen LogP contribution in [0.25, 0.3) is 0 Å². The Bertz CT molecular complexity index is 306. The minimum absolute atomic E-state index is 0.00130. The van der Waals surface area contributed by atoms with E-state index in [4.69, 9.17) is 0 Å². The molecule has 0 bridgehead atoms. The summed E-state index contributed by atoms with van der Waals surface area (Å²) in [6.07, 6.45) is 0.501. The topological polar surface area (TPSA) is 46.4 Å². The summed E-state index contributed by atoms with van der Waals surface area (Å²) in [5, 5.41) is 10.1. The van der Waals surface area contributed by atoms with Gasteiger partial charge in [-0.1, -0.05) is 12.1 Å². The lowest BCUT2D eigenvalue weighted by Gasteiger charge is -2.12. The van der Waals surface area contributed by atoms with Crippen molar-refractivity contribution in [2.45, 2.75) is 6.42 Å². The van der Waals surface area contributed by atoms with E-state index in [0.29, 0.717) is 6.42 Å². The Morgan fingerprint density at radius 2 is 1.86 bits per heavy atom. The number of anilines is 1. The first-order chi connectivity index (χ1) is 6.59. The molecular formula is C10H14N2O2. The standard InChI is InChI=1S/C10H14N2O2/c1-11(2)10-5-3-9(4-6-10)7-8-12(13)14/h3-6H,7-8H2,1-2H3. The van der Waals surface area contributed by atoms with Crippen LogP contribution in [0.2, 0.25) is 0 Å². The number of hydrogen-bond donors (Lipinski definition) is 0. The van der Waals surface area contributed by atoms with Crippen molar-refractivity contribution < 1.29 is 4.92 Å². The molecule has 0 atom stereocenters. The SMILES string of the molecule is CN(C)c1ccc(CC[N+](=O)[O-])cc1. The Labute approximate surface area is 83.3 Å². The zero-order valence-electron chi connectivity index (χ0n) is 8.43. The smallest absolute Gasteiger partial charge is 0.207 e. The van der Waals surface area contributed by atoms with Gasteiger partial charge in [0.15, 0.2) is 0 Å². The molecule has 0 saturated heterocycles. The average Bonchev–Trinajstić information content (AvgIpc) is 2.15.